The van der Waals surface area contributed by atoms with Crippen molar-refractivity contribution < 1.29 is 33.4 Å². The summed E-state index contributed by atoms with van der Waals surface area (Å²) in [5.74, 6) is -2.00. The van der Waals surface area contributed by atoms with Gasteiger partial charge < -0.3 is 25.0 Å². The summed E-state index contributed by atoms with van der Waals surface area (Å²) in [6.45, 7) is 17.2. The second kappa shape index (κ2) is 13.1. The molecule has 0 aromatic heterocycles. The summed E-state index contributed by atoms with van der Waals surface area (Å²) < 4.78 is 11.0. The predicted molar refractivity (Wildman–Crippen MR) is 171 cm³/mol. The lowest BCUT2D eigenvalue weighted by molar-refractivity contribution is -0.144. The van der Waals surface area contributed by atoms with Crippen molar-refractivity contribution in [2.45, 2.75) is 105 Å². The van der Waals surface area contributed by atoms with Gasteiger partial charge in [-0.3, -0.25) is 19.8 Å². The van der Waals surface area contributed by atoms with Gasteiger partial charge in [-0.25, -0.2) is 14.6 Å². The SMILES string of the molecule is CC[C@H](C)[C@H](NC(=O)OCc1ccccc1)C(=O)N1C[C@H]2[C@@H]([C@H]1C(=O)NN(C[C@H]1CC(C)(C)NC1=O)C(=O)OC(C)(C)C)C2(C)C. The molecule has 3 fully saturated rings. The van der Waals surface area contributed by atoms with Crippen molar-refractivity contribution in [3.63, 3.8) is 0 Å². The third-order valence-electron chi connectivity index (χ3n) is 9.58. The molecule has 254 valence electrons. The zero-order valence-electron chi connectivity index (χ0n) is 28.6. The number of hydrogen-bond acceptors (Lipinski definition) is 7. The molecule has 0 spiro atoms. The molecule has 2 heterocycles. The predicted octanol–water partition coefficient (Wildman–Crippen LogP) is 3.99. The van der Waals surface area contributed by atoms with Crippen LogP contribution in [0.2, 0.25) is 0 Å². The lowest BCUT2D eigenvalue weighted by atomic mass is 9.95. The van der Waals surface area contributed by atoms with Gasteiger partial charge in [-0.2, -0.15) is 0 Å². The Kier molecular flexibility index (Phi) is 9.99. The molecule has 0 unspecified atom stereocenters. The molecule has 1 aromatic carbocycles. The van der Waals surface area contributed by atoms with Gasteiger partial charge in [0.1, 0.15) is 24.3 Å². The van der Waals surface area contributed by atoms with Crippen LogP contribution in [0.25, 0.3) is 0 Å². The van der Waals surface area contributed by atoms with Gasteiger partial charge >= 0.3 is 12.2 Å². The van der Waals surface area contributed by atoms with Crippen molar-refractivity contribution >= 4 is 29.9 Å². The first kappa shape index (κ1) is 35.0. The Balaban J connectivity index is 1.53. The number of benzene rings is 1. The van der Waals surface area contributed by atoms with Gasteiger partial charge in [-0.05, 0) is 69.8 Å². The number of carbonyl (C=O) groups excluding carboxylic acids is 5. The van der Waals surface area contributed by atoms with Crippen molar-refractivity contribution in [1.29, 1.82) is 0 Å². The summed E-state index contributed by atoms with van der Waals surface area (Å²) in [6.07, 6.45) is -0.441. The average Bonchev–Trinajstić information content (AvgIpc) is 3.24. The van der Waals surface area contributed by atoms with Crippen molar-refractivity contribution in [2.75, 3.05) is 13.1 Å². The molecule has 2 aliphatic heterocycles. The summed E-state index contributed by atoms with van der Waals surface area (Å²) in [5, 5.41) is 6.75. The van der Waals surface area contributed by atoms with Crippen LogP contribution in [0.1, 0.15) is 80.7 Å². The van der Waals surface area contributed by atoms with E-state index in [1.807, 2.05) is 58.0 Å². The minimum absolute atomic E-state index is 0.0534. The topological polar surface area (TPSA) is 146 Å². The van der Waals surface area contributed by atoms with Crippen LogP contribution in [0, 0.1) is 29.1 Å². The number of nitrogens with one attached hydrogen (secondary N) is 3. The van der Waals surface area contributed by atoms with E-state index in [0.29, 0.717) is 19.4 Å². The molecule has 1 aromatic rings. The Morgan fingerprint density at radius 2 is 1.76 bits per heavy atom. The Morgan fingerprint density at radius 3 is 2.33 bits per heavy atom. The number of alkyl carbamates (subject to hydrolysis) is 1. The second-order valence-electron chi connectivity index (χ2n) is 15.3. The first-order valence-corrected chi connectivity index (χ1v) is 16.3. The maximum absolute atomic E-state index is 14.2. The zero-order chi connectivity index (χ0) is 34.2. The number of hydrazine groups is 1. The van der Waals surface area contributed by atoms with Crippen LogP contribution in [0.5, 0.6) is 0 Å². The van der Waals surface area contributed by atoms with E-state index < -0.39 is 47.2 Å². The van der Waals surface area contributed by atoms with Crippen LogP contribution in [-0.4, -0.2) is 76.1 Å². The Hall–Kier alpha value is -3.83. The number of piperidine rings is 1. The molecule has 0 bridgehead atoms. The van der Waals surface area contributed by atoms with Gasteiger partial charge in [0, 0.05) is 12.1 Å². The number of rotatable bonds is 9. The highest BCUT2D eigenvalue weighted by molar-refractivity contribution is 5.93. The molecular formula is C34H51N5O7. The molecule has 12 heteroatoms. The van der Waals surface area contributed by atoms with Crippen molar-refractivity contribution in [1.82, 2.24) is 26.0 Å². The van der Waals surface area contributed by atoms with Crippen molar-refractivity contribution in [3.05, 3.63) is 35.9 Å². The van der Waals surface area contributed by atoms with Gasteiger partial charge in [0.05, 0.1) is 12.5 Å². The fourth-order valence-corrected chi connectivity index (χ4v) is 6.81. The molecule has 6 atom stereocenters. The summed E-state index contributed by atoms with van der Waals surface area (Å²) in [5.41, 5.74) is 2.05. The van der Waals surface area contributed by atoms with E-state index in [2.05, 4.69) is 29.9 Å². The molecular weight excluding hydrogens is 590 g/mol. The summed E-state index contributed by atoms with van der Waals surface area (Å²) >= 11 is 0. The van der Waals surface area contributed by atoms with Crippen molar-refractivity contribution in [2.24, 2.45) is 29.1 Å². The first-order valence-electron chi connectivity index (χ1n) is 16.3. The van der Waals surface area contributed by atoms with Gasteiger partial charge in [-0.1, -0.05) is 64.4 Å². The van der Waals surface area contributed by atoms with Gasteiger partial charge in [0.25, 0.3) is 5.91 Å². The molecule has 3 N–H and O–H groups in total. The highest BCUT2D eigenvalue weighted by atomic mass is 16.6. The van der Waals surface area contributed by atoms with E-state index in [4.69, 9.17) is 9.47 Å². The van der Waals surface area contributed by atoms with E-state index in [0.717, 1.165) is 10.6 Å². The molecule has 0 radical (unpaired) electrons. The standard InChI is InChI=1S/C34H51N5O7/c1-10-20(2)25(35-30(43)45-19-21-14-12-11-13-15-21)29(42)38-18-23-24(34(23,8)9)26(38)28(41)37-39(31(44)46-32(3,4)5)17-22-16-33(6,7)36-27(22)40/h11-15,20,22-26H,10,16-19H2,1-9H3,(H,35,43)(H,36,40)(H,37,41)/t20-,22+,23-,24-,25-,26-/m0/s1. The van der Waals surface area contributed by atoms with Crippen molar-refractivity contribution in [3.8, 4) is 0 Å². The monoisotopic (exact) mass is 641 g/mol. The van der Waals surface area contributed by atoms with Crippen LogP contribution in [-0.2, 0) is 30.5 Å². The molecule has 5 amide bonds. The van der Waals surface area contributed by atoms with E-state index in [1.54, 1.807) is 20.8 Å². The summed E-state index contributed by atoms with van der Waals surface area (Å²) in [6, 6.07) is 7.44. The fraction of sp³-hybridized carbons (Fsp3) is 0.676. The van der Waals surface area contributed by atoms with Gasteiger partial charge in [0.2, 0.25) is 11.8 Å². The quantitative estimate of drug-likeness (QED) is 0.346. The van der Waals surface area contributed by atoms with E-state index in [9.17, 15) is 24.0 Å². The largest absolute Gasteiger partial charge is 0.445 e. The third kappa shape index (κ3) is 7.93. The number of hydrogen-bond donors (Lipinski definition) is 3. The van der Waals surface area contributed by atoms with E-state index in [-0.39, 0.29) is 48.1 Å². The molecule has 46 heavy (non-hydrogen) atoms. The first-order chi connectivity index (χ1) is 21.3. The fourth-order valence-electron chi connectivity index (χ4n) is 6.81. The van der Waals surface area contributed by atoms with Gasteiger partial charge in [-0.15, -0.1) is 0 Å². The molecule has 3 aliphatic rings. The van der Waals surface area contributed by atoms with Crippen LogP contribution in [0.3, 0.4) is 0 Å². The highest BCUT2D eigenvalue weighted by Gasteiger charge is 2.69. The lowest BCUT2D eigenvalue weighted by Crippen LogP contribution is -2.60. The molecule has 2 saturated heterocycles. The minimum atomic E-state index is -0.921. The maximum Gasteiger partial charge on any atom is 0.429 e. The Labute approximate surface area is 272 Å². The van der Waals surface area contributed by atoms with E-state index in [1.165, 1.54) is 4.90 Å². The molecule has 12 nitrogen and oxygen atoms in total. The summed E-state index contributed by atoms with van der Waals surface area (Å²) in [4.78, 5) is 68.8. The normalized spacial score (nSPS) is 25.4. The minimum Gasteiger partial charge on any atom is -0.445 e. The smallest absolute Gasteiger partial charge is 0.429 e. The summed E-state index contributed by atoms with van der Waals surface area (Å²) in [7, 11) is 0. The molecule has 1 aliphatic carbocycles. The number of nitrogens with zero attached hydrogens (tertiary/aromatic N) is 2. The lowest BCUT2D eigenvalue weighted by Gasteiger charge is -2.36. The number of likely N-dealkylation sites (tertiary alicyclic amines) is 1. The van der Waals surface area contributed by atoms with Crippen LogP contribution >= 0.6 is 0 Å². The number of carbonyl (C=O) groups is 5. The number of amides is 5. The zero-order valence-corrected chi connectivity index (χ0v) is 28.6. The number of fused-ring (bicyclic) bond motifs is 1. The molecule has 4 rings (SSSR count). The van der Waals surface area contributed by atoms with Crippen LogP contribution in [0.15, 0.2) is 30.3 Å². The third-order valence-corrected chi connectivity index (χ3v) is 9.58. The second-order valence-corrected chi connectivity index (χ2v) is 15.3. The maximum atomic E-state index is 14.2. The van der Waals surface area contributed by atoms with E-state index >= 15 is 0 Å². The highest BCUT2D eigenvalue weighted by Crippen LogP contribution is 2.65. The van der Waals surface area contributed by atoms with Gasteiger partial charge in [0.15, 0.2) is 0 Å². The number of ether oxygens (including phenoxy) is 2. The molecule has 1 saturated carbocycles. The Bertz CT molecular complexity index is 1320. The van der Waals surface area contributed by atoms with Crippen LogP contribution < -0.4 is 16.1 Å². The Morgan fingerprint density at radius 1 is 1.11 bits per heavy atom. The average molecular weight is 642 g/mol. The van der Waals surface area contributed by atoms with Crippen LogP contribution in [0.4, 0.5) is 9.59 Å².